The minimum Gasteiger partial charge on any atom is -0.475 e. The Kier molecular flexibility index (Phi) is 6.73. The van der Waals surface area contributed by atoms with Crippen molar-refractivity contribution in [1.29, 1.82) is 0 Å². The largest absolute Gasteiger partial charge is 0.490 e. The average molecular weight is 452 g/mol. The molecule has 3 rings (SSSR count). The van der Waals surface area contributed by atoms with Crippen molar-refractivity contribution in [1.82, 2.24) is 18.8 Å². The van der Waals surface area contributed by atoms with Gasteiger partial charge in [-0.15, -0.1) is 0 Å². The molecule has 0 amide bonds. The minimum atomic E-state index is -5.08. The lowest BCUT2D eigenvalue weighted by Gasteiger charge is -2.26. The molecule has 0 radical (unpaired) electrons. The number of halogens is 3. The number of sulfonamides is 1. The van der Waals surface area contributed by atoms with Crippen molar-refractivity contribution in [3.8, 4) is 0 Å². The fourth-order valence-corrected chi connectivity index (χ4v) is 4.24. The molecule has 0 bridgehead atoms. The van der Waals surface area contributed by atoms with E-state index in [-0.39, 0.29) is 10.3 Å². The lowest BCUT2D eigenvalue weighted by molar-refractivity contribution is -0.192. The van der Waals surface area contributed by atoms with Crippen LogP contribution in [0.5, 0.6) is 0 Å². The molecular formula is C16H19F3N4O6S. The average Bonchev–Trinajstić information content (AvgIpc) is 2.70. The van der Waals surface area contributed by atoms with Gasteiger partial charge in [0.25, 0.3) is 5.56 Å². The van der Waals surface area contributed by atoms with E-state index in [0.717, 1.165) is 4.57 Å². The Morgan fingerprint density at radius 1 is 1.10 bits per heavy atom. The number of piperazine rings is 1. The predicted octanol–water partition coefficient (Wildman–Crippen LogP) is -0.536. The molecule has 0 atom stereocenters. The summed E-state index contributed by atoms with van der Waals surface area (Å²) in [6, 6.07) is 4.31. The van der Waals surface area contributed by atoms with E-state index >= 15 is 0 Å². The number of carbonyl (C=O) groups is 1. The maximum atomic E-state index is 12.7. The van der Waals surface area contributed by atoms with Crippen LogP contribution in [0.3, 0.4) is 0 Å². The number of aromatic nitrogens is 2. The van der Waals surface area contributed by atoms with Gasteiger partial charge in [0.2, 0.25) is 10.0 Å². The number of nitrogens with one attached hydrogen (secondary N) is 1. The quantitative estimate of drug-likeness (QED) is 0.626. The van der Waals surface area contributed by atoms with Crippen LogP contribution in [0.25, 0.3) is 10.9 Å². The molecule has 2 aromatic rings. The summed E-state index contributed by atoms with van der Waals surface area (Å²) >= 11 is 0. The zero-order valence-electron chi connectivity index (χ0n) is 15.9. The van der Waals surface area contributed by atoms with E-state index < -0.39 is 33.4 Å². The number of aliphatic carboxylic acids is 1. The molecule has 1 aliphatic heterocycles. The summed E-state index contributed by atoms with van der Waals surface area (Å²) in [6.45, 7) is 1.99. The molecule has 30 heavy (non-hydrogen) atoms. The number of alkyl halides is 3. The maximum Gasteiger partial charge on any atom is 0.490 e. The van der Waals surface area contributed by atoms with Crippen LogP contribution >= 0.6 is 0 Å². The Morgan fingerprint density at radius 3 is 2.13 bits per heavy atom. The Bertz CT molecular complexity index is 1180. The normalized spacial score (nSPS) is 15.5. The molecule has 10 nitrogen and oxygen atoms in total. The van der Waals surface area contributed by atoms with Crippen LogP contribution in [0.1, 0.15) is 0 Å². The number of hydrogen-bond acceptors (Lipinski definition) is 6. The summed E-state index contributed by atoms with van der Waals surface area (Å²) < 4.78 is 60.8. The lowest BCUT2D eigenvalue weighted by Crippen LogP contribution is -2.46. The molecule has 1 aromatic heterocycles. The van der Waals surface area contributed by atoms with Gasteiger partial charge in [0, 0.05) is 40.3 Å². The summed E-state index contributed by atoms with van der Waals surface area (Å²) in [5.74, 6) is -2.76. The zero-order valence-corrected chi connectivity index (χ0v) is 16.7. The first-order chi connectivity index (χ1) is 13.8. The Hall–Kier alpha value is -2.71. The van der Waals surface area contributed by atoms with Gasteiger partial charge >= 0.3 is 17.8 Å². The topological polar surface area (TPSA) is 131 Å². The van der Waals surface area contributed by atoms with Gasteiger partial charge in [-0.2, -0.15) is 17.5 Å². The maximum absolute atomic E-state index is 12.7. The second-order valence-corrected chi connectivity index (χ2v) is 8.28. The molecular weight excluding hydrogens is 433 g/mol. The van der Waals surface area contributed by atoms with Crippen LogP contribution in [0.2, 0.25) is 0 Å². The van der Waals surface area contributed by atoms with Crippen molar-refractivity contribution in [2.24, 2.45) is 14.1 Å². The van der Waals surface area contributed by atoms with E-state index in [2.05, 4.69) is 5.32 Å². The number of nitrogens with zero attached hydrogens (tertiary/aromatic N) is 3. The third-order valence-electron chi connectivity index (χ3n) is 4.39. The number of aryl methyl sites for hydroxylation is 1. The first-order valence-electron chi connectivity index (χ1n) is 8.49. The van der Waals surface area contributed by atoms with Crippen LogP contribution in [0.4, 0.5) is 13.2 Å². The number of fused-ring (bicyclic) bond motifs is 1. The summed E-state index contributed by atoms with van der Waals surface area (Å²) in [5, 5.41) is 10.4. The minimum absolute atomic E-state index is 0.0719. The standard InChI is InChI=1S/C14H18N4O4S.C2HF3O2/c1-16-12-4-3-10(9-11(12)13(19)17(2)14(16)20)23(21,22)18-7-5-15-6-8-18;3-2(4,5)1(6)7/h3-4,9,15H,5-8H2,1-2H3;(H,6,7). The molecule has 14 heteroatoms. The van der Waals surface area contributed by atoms with E-state index in [1.54, 1.807) is 7.05 Å². The number of rotatable bonds is 2. The Balaban J connectivity index is 0.000000396. The van der Waals surface area contributed by atoms with Gasteiger partial charge in [0.05, 0.1) is 15.8 Å². The van der Waals surface area contributed by atoms with Gasteiger partial charge in [0.1, 0.15) is 0 Å². The van der Waals surface area contributed by atoms with Crippen molar-refractivity contribution in [3.05, 3.63) is 39.0 Å². The number of carboxylic acids is 1. The van der Waals surface area contributed by atoms with Gasteiger partial charge < -0.3 is 10.4 Å². The highest BCUT2D eigenvalue weighted by Gasteiger charge is 2.38. The summed E-state index contributed by atoms with van der Waals surface area (Å²) in [5.41, 5.74) is -0.530. The molecule has 1 saturated heterocycles. The SMILES string of the molecule is Cn1c(=O)c2cc(S(=O)(=O)N3CCNCC3)ccc2n(C)c1=O.O=C(O)C(F)(F)F. The molecule has 2 heterocycles. The number of benzene rings is 1. The summed E-state index contributed by atoms with van der Waals surface area (Å²) in [7, 11) is -0.722. The number of carboxylic acid groups (broad SMARTS) is 1. The smallest absolute Gasteiger partial charge is 0.475 e. The van der Waals surface area contributed by atoms with Gasteiger partial charge in [-0.25, -0.2) is 18.0 Å². The fourth-order valence-electron chi connectivity index (χ4n) is 2.77. The molecule has 1 fully saturated rings. The monoisotopic (exact) mass is 452 g/mol. The third-order valence-corrected chi connectivity index (χ3v) is 6.29. The highest BCUT2D eigenvalue weighted by molar-refractivity contribution is 7.89. The number of hydrogen-bond donors (Lipinski definition) is 2. The highest BCUT2D eigenvalue weighted by atomic mass is 32.2. The van der Waals surface area contributed by atoms with E-state index in [1.807, 2.05) is 0 Å². The van der Waals surface area contributed by atoms with Crippen LogP contribution in [-0.4, -0.2) is 65.3 Å². The first kappa shape index (κ1) is 23.6. The molecule has 0 unspecified atom stereocenters. The van der Waals surface area contributed by atoms with Crippen molar-refractivity contribution in [3.63, 3.8) is 0 Å². The fraction of sp³-hybridized carbons (Fsp3) is 0.438. The predicted molar refractivity (Wildman–Crippen MR) is 99.7 cm³/mol. The molecule has 166 valence electrons. The van der Waals surface area contributed by atoms with Crippen molar-refractivity contribution >= 4 is 26.9 Å². The first-order valence-corrected chi connectivity index (χ1v) is 9.93. The van der Waals surface area contributed by atoms with E-state index in [9.17, 15) is 31.2 Å². The highest BCUT2D eigenvalue weighted by Crippen LogP contribution is 2.19. The van der Waals surface area contributed by atoms with Crippen molar-refractivity contribution < 1.29 is 31.5 Å². The van der Waals surface area contributed by atoms with Gasteiger partial charge in [-0.3, -0.25) is 13.9 Å². The van der Waals surface area contributed by atoms with Gasteiger partial charge in [0.15, 0.2) is 0 Å². The van der Waals surface area contributed by atoms with Crippen molar-refractivity contribution in [2.75, 3.05) is 26.2 Å². The van der Waals surface area contributed by atoms with E-state index in [4.69, 9.17) is 9.90 Å². The van der Waals surface area contributed by atoms with Crippen molar-refractivity contribution in [2.45, 2.75) is 11.1 Å². The molecule has 0 saturated carbocycles. The lowest BCUT2D eigenvalue weighted by atomic mass is 10.2. The van der Waals surface area contributed by atoms with Crippen LogP contribution < -0.4 is 16.6 Å². The van der Waals surface area contributed by atoms with Crippen LogP contribution in [0, 0.1) is 0 Å². The van der Waals surface area contributed by atoms with Crippen LogP contribution in [-0.2, 0) is 28.9 Å². The van der Waals surface area contributed by atoms with E-state index in [1.165, 1.54) is 34.1 Å². The Labute approximate surface area is 168 Å². The summed E-state index contributed by atoms with van der Waals surface area (Å²) in [6.07, 6.45) is -5.08. The molecule has 1 aliphatic rings. The second kappa shape index (κ2) is 8.57. The second-order valence-electron chi connectivity index (χ2n) is 6.34. The molecule has 2 N–H and O–H groups in total. The zero-order chi connectivity index (χ0) is 22.9. The van der Waals surface area contributed by atoms with Gasteiger partial charge in [-0.1, -0.05) is 0 Å². The Morgan fingerprint density at radius 2 is 1.63 bits per heavy atom. The van der Waals surface area contributed by atoms with Gasteiger partial charge in [-0.05, 0) is 18.2 Å². The molecule has 0 aliphatic carbocycles. The molecule has 1 aromatic carbocycles. The van der Waals surface area contributed by atoms with E-state index in [0.29, 0.717) is 31.7 Å². The molecule has 0 spiro atoms. The third kappa shape index (κ3) is 4.71. The van der Waals surface area contributed by atoms with Crippen LogP contribution in [0.15, 0.2) is 32.7 Å². The summed E-state index contributed by atoms with van der Waals surface area (Å²) in [4.78, 5) is 33.2.